The molecule has 1 N–H and O–H groups in total. The Morgan fingerprint density at radius 2 is 2.12 bits per heavy atom. The molecule has 0 amide bonds. The number of thiophene rings is 1. The molecule has 6 heteroatoms. The largest absolute Gasteiger partial charge is 0.477 e. The maximum Gasteiger partial charge on any atom is 0.352 e. The van der Waals surface area contributed by atoms with Crippen molar-refractivity contribution in [3.63, 3.8) is 0 Å². The summed E-state index contributed by atoms with van der Waals surface area (Å²) in [6.45, 7) is 0. The molecule has 0 aliphatic rings. The van der Waals surface area contributed by atoms with E-state index >= 15 is 0 Å². The van der Waals surface area contributed by atoms with E-state index in [1.165, 1.54) is 28.2 Å². The van der Waals surface area contributed by atoms with Crippen LogP contribution in [0.25, 0.3) is 0 Å². The van der Waals surface area contributed by atoms with Crippen LogP contribution in [0.1, 0.15) is 25.7 Å². The number of aromatic nitrogens is 1. The fourth-order valence-corrected chi connectivity index (χ4v) is 2.83. The van der Waals surface area contributed by atoms with Crippen LogP contribution in [-0.2, 0) is 7.05 Å². The van der Waals surface area contributed by atoms with E-state index in [4.69, 9.17) is 5.11 Å². The number of rotatable bonds is 3. The molecule has 4 nitrogen and oxygen atoms in total. The SMILES string of the molecule is Cn1cc(C(=O)c2ccc(Br)s2)cc1C(=O)O. The van der Waals surface area contributed by atoms with E-state index in [-0.39, 0.29) is 11.5 Å². The molecule has 0 unspecified atom stereocenters. The third kappa shape index (κ3) is 2.32. The Balaban J connectivity index is 2.38. The van der Waals surface area contributed by atoms with Crippen LogP contribution in [0.2, 0.25) is 0 Å². The highest BCUT2D eigenvalue weighted by Gasteiger charge is 2.17. The predicted molar refractivity (Wildman–Crippen MR) is 67.8 cm³/mol. The van der Waals surface area contributed by atoms with Gasteiger partial charge in [0.15, 0.2) is 0 Å². The zero-order valence-corrected chi connectivity index (χ0v) is 11.2. The Labute approximate surface area is 110 Å². The lowest BCUT2D eigenvalue weighted by molar-refractivity contribution is 0.0686. The van der Waals surface area contributed by atoms with Crippen LogP contribution in [0.5, 0.6) is 0 Å². The lowest BCUT2D eigenvalue weighted by Crippen LogP contribution is -2.02. The molecule has 0 radical (unpaired) electrons. The molecule has 0 fully saturated rings. The molecule has 0 spiro atoms. The molecule has 2 aromatic rings. The number of nitrogens with zero attached hydrogens (tertiary/aromatic N) is 1. The first-order valence-corrected chi connectivity index (χ1v) is 6.29. The van der Waals surface area contributed by atoms with Gasteiger partial charge in [-0.25, -0.2) is 4.79 Å². The van der Waals surface area contributed by atoms with Crippen molar-refractivity contribution in [2.75, 3.05) is 0 Å². The standard InChI is InChI=1S/C11H8BrNO3S/c1-13-5-6(4-7(13)11(15)16)10(14)8-2-3-9(12)17-8/h2-5H,1H3,(H,15,16). The summed E-state index contributed by atoms with van der Waals surface area (Å²) in [5, 5.41) is 8.90. The number of hydrogen-bond donors (Lipinski definition) is 1. The summed E-state index contributed by atoms with van der Waals surface area (Å²) in [4.78, 5) is 23.5. The molecular formula is C11H8BrNO3S. The maximum atomic E-state index is 12.0. The van der Waals surface area contributed by atoms with Crippen LogP contribution in [0.4, 0.5) is 0 Å². The van der Waals surface area contributed by atoms with Crippen LogP contribution in [0, 0.1) is 0 Å². The van der Waals surface area contributed by atoms with E-state index in [0.717, 1.165) is 3.79 Å². The third-order valence-electron chi connectivity index (χ3n) is 2.28. The summed E-state index contributed by atoms with van der Waals surface area (Å²) in [6.07, 6.45) is 1.53. The van der Waals surface area contributed by atoms with Crippen molar-refractivity contribution in [1.29, 1.82) is 0 Å². The van der Waals surface area contributed by atoms with Crippen LogP contribution in [0.3, 0.4) is 0 Å². The summed E-state index contributed by atoms with van der Waals surface area (Å²) >= 11 is 4.61. The van der Waals surface area contributed by atoms with E-state index in [0.29, 0.717) is 10.4 Å². The molecule has 0 atom stereocenters. The van der Waals surface area contributed by atoms with Crippen molar-refractivity contribution in [3.05, 3.63) is 44.3 Å². The van der Waals surface area contributed by atoms with Gasteiger partial charge in [-0.05, 0) is 34.1 Å². The fourth-order valence-electron chi connectivity index (χ4n) is 1.48. The summed E-state index contributed by atoms with van der Waals surface area (Å²) in [5.74, 6) is -1.21. The second kappa shape index (κ2) is 4.46. The molecule has 0 aliphatic heterocycles. The minimum absolute atomic E-state index is 0.101. The Morgan fingerprint density at radius 3 is 2.59 bits per heavy atom. The molecule has 2 rings (SSSR count). The van der Waals surface area contributed by atoms with Crippen molar-refractivity contribution < 1.29 is 14.7 Å². The molecular weight excluding hydrogens is 306 g/mol. The van der Waals surface area contributed by atoms with Crippen molar-refractivity contribution in [2.45, 2.75) is 0 Å². The van der Waals surface area contributed by atoms with E-state index < -0.39 is 5.97 Å². The Hall–Kier alpha value is -1.40. The van der Waals surface area contributed by atoms with Crippen molar-refractivity contribution in [3.8, 4) is 0 Å². The number of carbonyl (C=O) groups is 2. The molecule has 0 aliphatic carbocycles. The molecule has 2 aromatic heterocycles. The van der Waals surface area contributed by atoms with E-state index in [1.807, 2.05) is 0 Å². The quantitative estimate of drug-likeness (QED) is 0.886. The average molecular weight is 314 g/mol. The van der Waals surface area contributed by atoms with Gasteiger partial charge in [-0.1, -0.05) is 0 Å². The first-order chi connectivity index (χ1) is 7.99. The minimum atomic E-state index is -1.04. The van der Waals surface area contributed by atoms with Crippen molar-refractivity contribution in [2.24, 2.45) is 7.05 Å². The number of aromatic carboxylic acids is 1. The van der Waals surface area contributed by atoms with Gasteiger partial charge in [0, 0.05) is 18.8 Å². The predicted octanol–water partition coefficient (Wildman–Crippen LogP) is 2.78. The smallest absolute Gasteiger partial charge is 0.352 e. The number of aryl methyl sites for hydroxylation is 1. The molecule has 2 heterocycles. The first kappa shape index (κ1) is 12.1. The molecule has 0 bridgehead atoms. The van der Waals surface area contributed by atoms with Gasteiger partial charge in [-0.3, -0.25) is 4.79 Å². The summed E-state index contributed by atoms with van der Waals surface area (Å²) in [5.41, 5.74) is 0.489. The molecule has 0 aromatic carbocycles. The van der Waals surface area contributed by atoms with Gasteiger partial charge in [0.25, 0.3) is 0 Å². The van der Waals surface area contributed by atoms with Gasteiger partial charge in [0.1, 0.15) is 5.69 Å². The summed E-state index contributed by atoms with van der Waals surface area (Å²) < 4.78 is 2.30. The van der Waals surface area contributed by atoms with Crippen LogP contribution < -0.4 is 0 Å². The number of halogens is 1. The van der Waals surface area contributed by atoms with Gasteiger partial charge in [0.2, 0.25) is 5.78 Å². The van der Waals surface area contributed by atoms with Gasteiger partial charge in [0.05, 0.1) is 8.66 Å². The van der Waals surface area contributed by atoms with E-state index in [2.05, 4.69) is 15.9 Å². The summed E-state index contributed by atoms with van der Waals surface area (Å²) in [6, 6.07) is 4.89. The van der Waals surface area contributed by atoms with Gasteiger partial charge < -0.3 is 9.67 Å². The summed E-state index contributed by atoms with van der Waals surface area (Å²) in [7, 11) is 1.60. The Morgan fingerprint density at radius 1 is 1.41 bits per heavy atom. The lowest BCUT2D eigenvalue weighted by atomic mass is 10.2. The topological polar surface area (TPSA) is 59.3 Å². The molecule has 88 valence electrons. The first-order valence-electron chi connectivity index (χ1n) is 4.68. The number of carboxylic acid groups (broad SMARTS) is 1. The Bertz CT molecular complexity index is 600. The monoisotopic (exact) mass is 313 g/mol. The number of ketones is 1. The van der Waals surface area contributed by atoms with Crippen LogP contribution in [-0.4, -0.2) is 21.4 Å². The number of hydrogen-bond acceptors (Lipinski definition) is 3. The van der Waals surface area contributed by atoms with Crippen LogP contribution >= 0.6 is 27.3 Å². The van der Waals surface area contributed by atoms with Crippen molar-refractivity contribution in [1.82, 2.24) is 4.57 Å². The van der Waals surface area contributed by atoms with Gasteiger partial charge in [-0.2, -0.15) is 0 Å². The van der Waals surface area contributed by atoms with Crippen molar-refractivity contribution >= 4 is 39.0 Å². The zero-order valence-electron chi connectivity index (χ0n) is 8.81. The molecule has 17 heavy (non-hydrogen) atoms. The maximum absolute atomic E-state index is 12.0. The third-order valence-corrected chi connectivity index (χ3v) is 3.91. The molecule has 0 saturated heterocycles. The Kier molecular flexibility index (Phi) is 3.17. The second-order valence-corrected chi connectivity index (χ2v) is 5.93. The van der Waals surface area contributed by atoms with Crippen LogP contribution in [0.15, 0.2) is 28.2 Å². The number of carboxylic acids is 1. The highest BCUT2D eigenvalue weighted by atomic mass is 79.9. The van der Waals surface area contributed by atoms with Gasteiger partial charge in [-0.15, -0.1) is 11.3 Å². The highest BCUT2D eigenvalue weighted by Crippen LogP contribution is 2.24. The fraction of sp³-hybridized carbons (Fsp3) is 0.0909. The molecule has 0 saturated carbocycles. The van der Waals surface area contributed by atoms with Gasteiger partial charge >= 0.3 is 5.97 Å². The second-order valence-electron chi connectivity index (χ2n) is 3.46. The van der Waals surface area contributed by atoms with E-state index in [1.54, 1.807) is 19.2 Å². The number of carbonyl (C=O) groups excluding carboxylic acids is 1. The zero-order chi connectivity index (χ0) is 12.6. The lowest BCUT2D eigenvalue weighted by Gasteiger charge is -1.93. The average Bonchev–Trinajstić information content (AvgIpc) is 2.83. The normalized spacial score (nSPS) is 10.5. The highest BCUT2D eigenvalue weighted by molar-refractivity contribution is 9.11. The van der Waals surface area contributed by atoms with E-state index in [9.17, 15) is 9.59 Å². The minimum Gasteiger partial charge on any atom is -0.477 e.